The van der Waals surface area contributed by atoms with E-state index >= 15 is 0 Å². The number of carbonyl (C=O) groups is 1. The number of nitrogens with one attached hydrogen (secondary N) is 1. The van der Waals surface area contributed by atoms with Gasteiger partial charge in [-0.3, -0.25) is 4.79 Å². The maximum absolute atomic E-state index is 12.6. The first-order valence-corrected chi connectivity index (χ1v) is 7.90. The second-order valence-corrected chi connectivity index (χ2v) is 6.34. The van der Waals surface area contributed by atoms with Crippen LogP contribution in [-0.2, 0) is 4.79 Å². The molecular weight excluding hydrogens is 286 g/mol. The van der Waals surface area contributed by atoms with Gasteiger partial charge in [-0.15, -0.1) is 0 Å². The first kappa shape index (κ1) is 16.1. The van der Waals surface area contributed by atoms with Crippen molar-refractivity contribution in [3.8, 4) is 0 Å². The third kappa shape index (κ3) is 3.89. The number of nitrogens with two attached hydrogens (primary N) is 1. The van der Waals surface area contributed by atoms with Crippen LogP contribution in [0.2, 0.25) is 5.02 Å². The minimum atomic E-state index is -0.110. The normalized spacial score (nSPS) is 22.5. The molecule has 0 spiro atoms. The molecule has 1 amide bonds. The largest absolute Gasteiger partial charge is 0.375 e. The van der Waals surface area contributed by atoms with Gasteiger partial charge in [-0.1, -0.05) is 36.9 Å². The lowest BCUT2D eigenvalue weighted by Crippen LogP contribution is -2.38. The van der Waals surface area contributed by atoms with Gasteiger partial charge in [-0.2, -0.15) is 0 Å². The first-order chi connectivity index (χ1) is 10.0. The third-order valence-corrected chi connectivity index (χ3v) is 4.40. The molecule has 0 aliphatic heterocycles. The van der Waals surface area contributed by atoms with E-state index in [4.69, 9.17) is 17.3 Å². The van der Waals surface area contributed by atoms with Crippen LogP contribution >= 0.6 is 11.6 Å². The summed E-state index contributed by atoms with van der Waals surface area (Å²) in [4.78, 5) is 14.5. The van der Waals surface area contributed by atoms with Crippen molar-refractivity contribution in [3.63, 3.8) is 0 Å². The summed E-state index contributed by atoms with van der Waals surface area (Å²) < 4.78 is 0. The van der Waals surface area contributed by atoms with Crippen LogP contribution < -0.4 is 16.0 Å². The van der Waals surface area contributed by atoms with E-state index in [0.29, 0.717) is 5.02 Å². The zero-order valence-electron chi connectivity index (χ0n) is 12.7. The average Bonchev–Trinajstić information content (AvgIpc) is 2.63. The monoisotopic (exact) mass is 309 g/mol. The van der Waals surface area contributed by atoms with E-state index in [2.05, 4.69) is 5.32 Å². The van der Waals surface area contributed by atoms with Gasteiger partial charge >= 0.3 is 0 Å². The van der Waals surface area contributed by atoms with E-state index in [9.17, 15) is 4.79 Å². The number of hydrogen-bond acceptors (Lipinski definition) is 3. The maximum atomic E-state index is 12.6. The zero-order chi connectivity index (χ0) is 15.4. The van der Waals surface area contributed by atoms with Crippen molar-refractivity contribution in [3.05, 3.63) is 23.2 Å². The summed E-state index contributed by atoms with van der Waals surface area (Å²) in [6.07, 6.45) is 5.14. The van der Waals surface area contributed by atoms with Gasteiger partial charge < -0.3 is 16.0 Å². The average molecular weight is 310 g/mol. The van der Waals surface area contributed by atoms with Gasteiger partial charge in [0.25, 0.3) is 0 Å². The fraction of sp³-hybridized carbons (Fsp3) is 0.562. The zero-order valence-corrected chi connectivity index (χ0v) is 13.5. The predicted octanol–water partition coefficient (Wildman–Crippen LogP) is 3.25. The Labute approximate surface area is 131 Å². The molecule has 0 saturated heterocycles. The van der Waals surface area contributed by atoms with Crippen molar-refractivity contribution in [1.29, 1.82) is 0 Å². The molecule has 1 saturated carbocycles. The summed E-state index contributed by atoms with van der Waals surface area (Å²) in [5.41, 5.74) is 7.74. The molecule has 1 aliphatic carbocycles. The highest BCUT2D eigenvalue weighted by molar-refractivity contribution is 6.34. The highest BCUT2D eigenvalue weighted by atomic mass is 35.5. The molecule has 2 rings (SSSR count). The van der Waals surface area contributed by atoms with Crippen molar-refractivity contribution in [2.75, 3.05) is 24.3 Å². The van der Waals surface area contributed by atoms with Crippen LogP contribution in [0.3, 0.4) is 0 Å². The minimum Gasteiger partial charge on any atom is -0.375 e. The van der Waals surface area contributed by atoms with Crippen LogP contribution in [0.1, 0.15) is 32.1 Å². The summed E-state index contributed by atoms with van der Waals surface area (Å²) in [5.74, 6) is -0.101. The van der Waals surface area contributed by atoms with Gasteiger partial charge in [0.05, 0.1) is 22.3 Å². The molecule has 1 aliphatic rings. The van der Waals surface area contributed by atoms with E-state index in [-0.39, 0.29) is 17.9 Å². The van der Waals surface area contributed by atoms with Crippen LogP contribution in [0.25, 0.3) is 0 Å². The summed E-state index contributed by atoms with van der Waals surface area (Å²) in [6, 6.07) is 5.50. The molecule has 3 N–H and O–H groups in total. The molecule has 0 bridgehead atoms. The van der Waals surface area contributed by atoms with E-state index in [1.54, 1.807) is 0 Å². The number of hydrogen-bond donors (Lipinski definition) is 2. The topological polar surface area (TPSA) is 58.4 Å². The van der Waals surface area contributed by atoms with Crippen molar-refractivity contribution >= 4 is 28.9 Å². The Morgan fingerprint density at radius 2 is 2.00 bits per heavy atom. The third-order valence-electron chi connectivity index (χ3n) is 4.10. The SMILES string of the molecule is CN(C)c1c(Cl)cccc1NC(=O)C1CCCCCC1N. The molecular formula is C16H24ClN3O. The molecule has 2 unspecified atom stereocenters. The van der Waals surface area contributed by atoms with E-state index in [1.807, 2.05) is 37.2 Å². The Morgan fingerprint density at radius 1 is 1.29 bits per heavy atom. The van der Waals surface area contributed by atoms with Gasteiger partial charge in [-0.05, 0) is 25.0 Å². The van der Waals surface area contributed by atoms with E-state index in [1.165, 1.54) is 0 Å². The second-order valence-electron chi connectivity index (χ2n) is 5.93. The number of halogens is 1. The molecule has 4 nitrogen and oxygen atoms in total. The van der Waals surface area contributed by atoms with E-state index < -0.39 is 0 Å². The molecule has 0 radical (unpaired) electrons. The van der Waals surface area contributed by atoms with Crippen LogP contribution in [0.5, 0.6) is 0 Å². The minimum absolute atomic E-state index is 0.00904. The molecule has 2 atom stereocenters. The number of para-hydroxylation sites is 1. The van der Waals surface area contributed by atoms with Crippen molar-refractivity contribution < 1.29 is 4.79 Å². The molecule has 21 heavy (non-hydrogen) atoms. The molecule has 0 heterocycles. The quantitative estimate of drug-likeness (QED) is 0.843. The fourth-order valence-electron chi connectivity index (χ4n) is 2.96. The number of anilines is 2. The van der Waals surface area contributed by atoms with Crippen LogP contribution in [0, 0.1) is 5.92 Å². The lowest BCUT2D eigenvalue weighted by molar-refractivity contribution is -0.120. The second kappa shape index (κ2) is 7.14. The lowest BCUT2D eigenvalue weighted by atomic mass is 9.94. The summed E-state index contributed by atoms with van der Waals surface area (Å²) in [6.45, 7) is 0. The lowest BCUT2D eigenvalue weighted by Gasteiger charge is -2.23. The Balaban J connectivity index is 2.17. The van der Waals surface area contributed by atoms with Gasteiger partial charge in [0.1, 0.15) is 0 Å². The molecule has 5 heteroatoms. The molecule has 1 fully saturated rings. The number of nitrogens with zero attached hydrogens (tertiary/aromatic N) is 1. The van der Waals surface area contributed by atoms with Gasteiger partial charge in [0, 0.05) is 20.1 Å². The summed E-state index contributed by atoms with van der Waals surface area (Å²) >= 11 is 6.23. The van der Waals surface area contributed by atoms with Crippen LogP contribution in [0.4, 0.5) is 11.4 Å². The van der Waals surface area contributed by atoms with Crippen LogP contribution in [0.15, 0.2) is 18.2 Å². The molecule has 1 aromatic carbocycles. The molecule has 116 valence electrons. The Hall–Kier alpha value is -1.26. The number of amides is 1. The van der Waals surface area contributed by atoms with Crippen molar-refractivity contribution in [1.82, 2.24) is 0 Å². The van der Waals surface area contributed by atoms with E-state index in [0.717, 1.165) is 43.5 Å². The Morgan fingerprint density at radius 3 is 2.71 bits per heavy atom. The van der Waals surface area contributed by atoms with Crippen molar-refractivity contribution in [2.45, 2.75) is 38.1 Å². The Bertz CT molecular complexity index is 504. The number of benzene rings is 1. The summed E-state index contributed by atoms with van der Waals surface area (Å²) in [5, 5.41) is 3.64. The highest BCUT2D eigenvalue weighted by Gasteiger charge is 2.27. The first-order valence-electron chi connectivity index (χ1n) is 7.53. The summed E-state index contributed by atoms with van der Waals surface area (Å²) in [7, 11) is 3.82. The maximum Gasteiger partial charge on any atom is 0.229 e. The van der Waals surface area contributed by atoms with Crippen molar-refractivity contribution in [2.24, 2.45) is 11.7 Å². The predicted molar refractivity (Wildman–Crippen MR) is 89.0 cm³/mol. The molecule has 0 aromatic heterocycles. The Kier molecular flexibility index (Phi) is 5.48. The van der Waals surface area contributed by atoms with Gasteiger partial charge in [0.15, 0.2) is 0 Å². The van der Waals surface area contributed by atoms with Gasteiger partial charge in [-0.25, -0.2) is 0 Å². The number of carbonyl (C=O) groups excluding carboxylic acids is 1. The van der Waals surface area contributed by atoms with Gasteiger partial charge in [0.2, 0.25) is 5.91 Å². The smallest absolute Gasteiger partial charge is 0.229 e. The number of rotatable bonds is 3. The van der Waals surface area contributed by atoms with Crippen LogP contribution in [-0.4, -0.2) is 26.0 Å². The fourth-order valence-corrected chi connectivity index (χ4v) is 3.30. The molecule has 1 aromatic rings. The highest BCUT2D eigenvalue weighted by Crippen LogP contribution is 2.33. The standard InChI is InChI=1S/C16H24ClN3O/c1-20(2)15-12(17)8-6-10-14(15)19-16(21)11-7-4-3-5-9-13(11)18/h6,8,10-11,13H,3-5,7,9,18H2,1-2H3,(H,19,21).